The van der Waals surface area contributed by atoms with Crippen molar-refractivity contribution >= 4 is 0 Å². The summed E-state index contributed by atoms with van der Waals surface area (Å²) in [5.41, 5.74) is 1.25. The third-order valence-electron chi connectivity index (χ3n) is 4.14. The molecule has 1 saturated carbocycles. The van der Waals surface area contributed by atoms with Gasteiger partial charge in [0, 0.05) is 12.6 Å². The Bertz CT molecular complexity index is 461. The van der Waals surface area contributed by atoms with E-state index in [1.165, 1.54) is 12.0 Å². The Kier molecular flexibility index (Phi) is 6.07. The minimum Gasteiger partial charge on any atom is -0.494 e. The molecule has 3 nitrogen and oxygen atoms in total. The minimum absolute atomic E-state index is 0.184. The summed E-state index contributed by atoms with van der Waals surface area (Å²) in [7, 11) is 0. The summed E-state index contributed by atoms with van der Waals surface area (Å²) in [5, 5.41) is 12.6. The van der Waals surface area contributed by atoms with Crippen LogP contribution in [0.3, 0.4) is 0 Å². The monoisotopic (exact) mass is 286 g/mol. The van der Waals surface area contributed by atoms with Gasteiger partial charge in [-0.3, -0.25) is 0 Å². The van der Waals surface area contributed by atoms with Gasteiger partial charge in [-0.05, 0) is 42.9 Å². The molecule has 0 heterocycles. The van der Waals surface area contributed by atoms with Crippen molar-refractivity contribution in [3.05, 3.63) is 29.8 Å². The van der Waals surface area contributed by atoms with Crippen LogP contribution in [-0.2, 0) is 6.54 Å². The maximum atomic E-state index is 9.08. The van der Waals surface area contributed by atoms with Crippen molar-refractivity contribution in [2.45, 2.75) is 52.1 Å². The molecule has 0 radical (unpaired) electrons. The Morgan fingerprint density at radius 1 is 1.29 bits per heavy atom. The third kappa shape index (κ3) is 5.06. The topological polar surface area (TPSA) is 45.0 Å². The molecule has 1 aromatic rings. The van der Waals surface area contributed by atoms with Gasteiger partial charge in [0.15, 0.2) is 0 Å². The lowest BCUT2D eigenvalue weighted by atomic mass is 10.1. The summed E-state index contributed by atoms with van der Waals surface area (Å²) in [6.07, 6.45) is 4.41. The number of benzene rings is 1. The number of nitrogens with zero attached hydrogens (tertiary/aromatic N) is 1. The summed E-state index contributed by atoms with van der Waals surface area (Å²) >= 11 is 0. The molecule has 1 fully saturated rings. The molecule has 0 aromatic heterocycles. The molecule has 1 aromatic carbocycles. The van der Waals surface area contributed by atoms with Gasteiger partial charge in [-0.25, -0.2) is 0 Å². The van der Waals surface area contributed by atoms with Crippen molar-refractivity contribution in [2.24, 2.45) is 11.8 Å². The zero-order valence-corrected chi connectivity index (χ0v) is 13.1. The van der Waals surface area contributed by atoms with Gasteiger partial charge in [0.2, 0.25) is 0 Å². The Labute approximate surface area is 128 Å². The maximum absolute atomic E-state index is 9.08. The molecule has 0 saturated heterocycles. The molecule has 0 bridgehead atoms. The predicted molar refractivity (Wildman–Crippen MR) is 85.0 cm³/mol. The van der Waals surface area contributed by atoms with Crippen LogP contribution in [0.1, 0.15) is 45.1 Å². The molecular weight excluding hydrogens is 260 g/mol. The molecule has 21 heavy (non-hydrogen) atoms. The van der Waals surface area contributed by atoms with E-state index in [-0.39, 0.29) is 5.92 Å². The average molecular weight is 286 g/mol. The first-order valence-electron chi connectivity index (χ1n) is 8.04. The first-order chi connectivity index (χ1) is 10.2. The van der Waals surface area contributed by atoms with E-state index in [4.69, 9.17) is 10.00 Å². The van der Waals surface area contributed by atoms with E-state index >= 15 is 0 Å². The molecule has 1 aliphatic rings. The van der Waals surface area contributed by atoms with Gasteiger partial charge in [0.1, 0.15) is 5.75 Å². The predicted octanol–water partition coefficient (Wildman–Crippen LogP) is 3.89. The second-order valence-corrected chi connectivity index (χ2v) is 6.33. The summed E-state index contributed by atoms with van der Waals surface area (Å²) in [6, 6.07) is 11.0. The van der Waals surface area contributed by atoms with Gasteiger partial charge in [0.05, 0.1) is 18.6 Å². The van der Waals surface area contributed by atoms with Crippen LogP contribution in [-0.4, -0.2) is 12.6 Å². The zero-order valence-electron chi connectivity index (χ0n) is 13.1. The molecule has 2 atom stereocenters. The van der Waals surface area contributed by atoms with Crippen LogP contribution in [0.5, 0.6) is 5.75 Å². The van der Waals surface area contributed by atoms with Crippen LogP contribution in [0, 0.1) is 23.2 Å². The molecule has 0 spiro atoms. The van der Waals surface area contributed by atoms with Crippen molar-refractivity contribution in [2.75, 3.05) is 6.61 Å². The molecule has 114 valence electrons. The van der Waals surface area contributed by atoms with Crippen molar-refractivity contribution in [1.82, 2.24) is 5.32 Å². The van der Waals surface area contributed by atoms with Crippen LogP contribution < -0.4 is 10.1 Å². The molecule has 3 heteroatoms. The zero-order chi connectivity index (χ0) is 15.1. The Morgan fingerprint density at radius 3 is 2.71 bits per heavy atom. The summed E-state index contributed by atoms with van der Waals surface area (Å²) in [6.45, 7) is 6.02. The van der Waals surface area contributed by atoms with Crippen LogP contribution >= 0.6 is 0 Å². The van der Waals surface area contributed by atoms with Gasteiger partial charge < -0.3 is 10.1 Å². The number of nitriles is 1. The lowest BCUT2D eigenvalue weighted by molar-refractivity contribution is 0.289. The van der Waals surface area contributed by atoms with Crippen LogP contribution in [0.15, 0.2) is 24.3 Å². The highest BCUT2D eigenvalue weighted by atomic mass is 16.5. The highest BCUT2D eigenvalue weighted by Crippen LogP contribution is 2.25. The summed E-state index contributed by atoms with van der Waals surface area (Å²) in [5.74, 6) is 1.80. The van der Waals surface area contributed by atoms with E-state index in [9.17, 15) is 0 Å². The molecule has 2 rings (SSSR count). The molecule has 2 unspecified atom stereocenters. The average Bonchev–Trinajstić information content (AvgIpc) is 2.93. The van der Waals surface area contributed by atoms with Crippen LogP contribution in [0.2, 0.25) is 0 Å². The highest BCUT2D eigenvalue weighted by molar-refractivity contribution is 5.27. The van der Waals surface area contributed by atoms with Crippen LogP contribution in [0.4, 0.5) is 0 Å². The minimum atomic E-state index is 0.184. The Morgan fingerprint density at radius 2 is 2.05 bits per heavy atom. The Hall–Kier alpha value is -1.53. The van der Waals surface area contributed by atoms with E-state index in [2.05, 4.69) is 37.4 Å². The molecule has 1 N–H and O–H groups in total. The van der Waals surface area contributed by atoms with E-state index in [1.54, 1.807) is 0 Å². The SMILES string of the molecule is CC(C)CCOc1ccc(CNC2CCCC2C#N)cc1. The fourth-order valence-corrected chi connectivity index (χ4v) is 2.72. The van der Waals surface area contributed by atoms with Crippen molar-refractivity contribution in [3.63, 3.8) is 0 Å². The van der Waals surface area contributed by atoms with E-state index in [0.29, 0.717) is 12.0 Å². The third-order valence-corrected chi connectivity index (χ3v) is 4.14. The molecule has 0 aliphatic heterocycles. The van der Waals surface area contributed by atoms with Gasteiger partial charge in [-0.15, -0.1) is 0 Å². The number of hydrogen-bond donors (Lipinski definition) is 1. The summed E-state index contributed by atoms with van der Waals surface area (Å²) in [4.78, 5) is 0. The summed E-state index contributed by atoms with van der Waals surface area (Å²) < 4.78 is 5.72. The van der Waals surface area contributed by atoms with E-state index in [0.717, 1.165) is 38.2 Å². The fraction of sp³-hybridized carbons (Fsp3) is 0.611. The van der Waals surface area contributed by atoms with Crippen LogP contribution in [0.25, 0.3) is 0 Å². The number of rotatable bonds is 7. The van der Waals surface area contributed by atoms with Crippen molar-refractivity contribution in [3.8, 4) is 11.8 Å². The largest absolute Gasteiger partial charge is 0.494 e. The number of nitrogens with one attached hydrogen (secondary N) is 1. The standard InChI is InChI=1S/C18H26N2O/c1-14(2)10-11-21-17-8-6-15(7-9-17)13-20-18-5-3-4-16(18)12-19/h6-9,14,16,18,20H,3-5,10-11,13H2,1-2H3. The van der Waals surface area contributed by atoms with Gasteiger partial charge in [0.25, 0.3) is 0 Å². The van der Waals surface area contributed by atoms with Gasteiger partial charge in [-0.1, -0.05) is 32.4 Å². The van der Waals surface area contributed by atoms with Gasteiger partial charge >= 0.3 is 0 Å². The number of hydrogen-bond acceptors (Lipinski definition) is 3. The lowest BCUT2D eigenvalue weighted by Crippen LogP contribution is -2.31. The first-order valence-corrected chi connectivity index (χ1v) is 8.04. The molecule has 1 aliphatic carbocycles. The first kappa shape index (κ1) is 15.9. The quantitative estimate of drug-likeness (QED) is 0.827. The lowest BCUT2D eigenvalue weighted by Gasteiger charge is -2.15. The maximum Gasteiger partial charge on any atom is 0.119 e. The smallest absolute Gasteiger partial charge is 0.119 e. The van der Waals surface area contributed by atoms with E-state index < -0.39 is 0 Å². The normalized spacial score (nSPS) is 21.4. The Balaban J connectivity index is 1.76. The highest BCUT2D eigenvalue weighted by Gasteiger charge is 2.26. The fourth-order valence-electron chi connectivity index (χ4n) is 2.72. The molecule has 0 amide bonds. The number of ether oxygens (including phenoxy) is 1. The van der Waals surface area contributed by atoms with Gasteiger partial charge in [-0.2, -0.15) is 5.26 Å². The van der Waals surface area contributed by atoms with Crippen molar-refractivity contribution in [1.29, 1.82) is 5.26 Å². The second-order valence-electron chi connectivity index (χ2n) is 6.33. The second kappa shape index (κ2) is 8.05. The molecular formula is C18H26N2O. The van der Waals surface area contributed by atoms with E-state index in [1.807, 2.05) is 12.1 Å². The van der Waals surface area contributed by atoms with Crippen molar-refractivity contribution < 1.29 is 4.74 Å².